The molecule has 9 heteroatoms. The maximum absolute atomic E-state index is 12.5. The summed E-state index contributed by atoms with van der Waals surface area (Å²) in [4.78, 5) is 21.4. The molecular weight excluding hydrogens is 356 g/mol. The van der Waals surface area contributed by atoms with Gasteiger partial charge in [0.15, 0.2) is 5.82 Å². The number of rotatable bonds is 7. The van der Waals surface area contributed by atoms with Crippen molar-refractivity contribution in [2.45, 2.75) is 44.9 Å². The summed E-state index contributed by atoms with van der Waals surface area (Å²) in [6, 6.07) is 2.05. The van der Waals surface area contributed by atoms with Crippen LogP contribution in [0.15, 0.2) is 12.3 Å². The van der Waals surface area contributed by atoms with E-state index in [9.17, 15) is 4.79 Å². The average Bonchev–Trinajstić information content (AvgIpc) is 2.98. The fraction of sp³-hybridized carbons (Fsp3) is 0.529. The molecule has 26 heavy (non-hydrogen) atoms. The van der Waals surface area contributed by atoms with Crippen molar-refractivity contribution in [3.63, 3.8) is 0 Å². The van der Waals surface area contributed by atoms with Gasteiger partial charge in [0.05, 0.1) is 11.2 Å². The summed E-state index contributed by atoms with van der Waals surface area (Å²) < 4.78 is 6.74. The van der Waals surface area contributed by atoms with Gasteiger partial charge in [0.25, 0.3) is 5.91 Å². The lowest BCUT2D eigenvalue weighted by molar-refractivity contribution is 0.0897. The van der Waals surface area contributed by atoms with Crippen LogP contribution in [0.4, 0.5) is 5.82 Å². The van der Waals surface area contributed by atoms with Crippen molar-refractivity contribution < 1.29 is 9.53 Å². The number of aryl methyl sites for hydroxylation is 1. The minimum atomic E-state index is -0.184. The smallest absolute Gasteiger partial charge is 0.271 e. The molecule has 1 aliphatic carbocycles. The maximum atomic E-state index is 12.5. The normalized spacial score (nSPS) is 19.1. The Kier molecular flexibility index (Phi) is 5.73. The molecule has 0 atom stereocenters. The molecule has 0 radical (unpaired) electrons. The fourth-order valence-electron chi connectivity index (χ4n) is 3.11. The lowest BCUT2D eigenvalue weighted by Crippen LogP contribution is -2.44. The van der Waals surface area contributed by atoms with Crippen LogP contribution in [0.1, 0.15) is 47.7 Å². The highest BCUT2D eigenvalue weighted by molar-refractivity contribution is 6.33. The van der Waals surface area contributed by atoms with Gasteiger partial charge in [-0.05, 0) is 19.8 Å². The molecule has 0 bridgehead atoms. The average molecular weight is 379 g/mol. The lowest BCUT2D eigenvalue weighted by Gasteiger charge is -2.35. The fourth-order valence-corrected chi connectivity index (χ4v) is 3.33. The van der Waals surface area contributed by atoms with E-state index in [2.05, 4.69) is 25.7 Å². The van der Waals surface area contributed by atoms with Crippen molar-refractivity contribution in [2.75, 3.05) is 19.5 Å². The van der Waals surface area contributed by atoms with Crippen molar-refractivity contribution >= 4 is 23.3 Å². The first kappa shape index (κ1) is 18.6. The van der Waals surface area contributed by atoms with Crippen LogP contribution in [0.3, 0.4) is 0 Å². The summed E-state index contributed by atoms with van der Waals surface area (Å²) in [5.74, 6) is 1.53. The number of nitrogens with one attached hydrogen (secondary N) is 2. The summed E-state index contributed by atoms with van der Waals surface area (Å²) in [7, 11) is 3.45. The van der Waals surface area contributed by atoms with Crippen LogP contribution in [0, 0.1) is 0 Å². The molecular formula is C17H23ClN6O2. The Balaban J connectivity index is 1.63. The molecule has 3 rings (SSSR count). The Bertz CT molecular complexity index is 788. The monoisotopic (exact) mass is 378 g/mol. The Hall–Kier alpha value is -2.19. The van der Waals surface area contributed by atoms with Gasteiger partial charge in [-0.1, -0.05) is 11.6 Å². The Morgan fingerprint density at radius 1 is 1.42 bits per heavy atom. The number of hydrogen-bond donors (Lipinski definition) is 2. The number of amides is 1. The molecule has 2 heterocycles. The van der Waals surface area contributed by atoms with E-state index >= 15 is 0 Å². The van der Waals surface area contributed by atoms with Gasteiger partial charge < -0.3 is 15.4 Å². The molecule has 2 aromatic heterocycles. The van der Waals surface area contributed by atoms with Crippen molar-refractivity contribution in [3.8, 4) is 0 Å². The van der Waals surface area contributed by atoms with E-state index in [1.165, 1.54) is 6.20 Å². The number of aromatic nitrogens is 4. The molecule has 2 N–H and O–H groups in total. The van der Waals surface area contributed by atoms with Crippen LogP contribution in [-0.4, -0.2) is 45.9 Å². The second kappa shape index (κ2) is 8.01. The third-order valence-corrected chi connectivity index (χ3v) is 4.80. The Labute approximate surface area is 157 Å². The molecule has 1 aliphatic rings. The molecule has 1 amide bonds. The molecule has 8 nitrogen and oxygen atoms in total. The summed E-state index contributed by atoms with van der Waals surface area (Å²) in [5.41, 5.74) is 1.39. The number of nitrogens with zero attached hydrogens (tertiary/aromatic N) is 4. The molecule has 140 valence electrons. The van der Waals surface area contributed by atoms with Crippen molar-refractivity contribution in [1.29, 1.82) is 0 Å². The zero-order valence-corrected chi connectivity index (χ0v) is 15.9. The van der Waals surface area contributed by atoms with Crippen LogP contribution >= 0.6 is 11.6 Å². The van der Waals surface area contributed by atoms with Crippen LogP contribution in [-0.2, 0) is 17.9 Å². The predicted octanol–water partition coefficient (Wildman–Crippen LogP) is 2.21. The van der Waals surface area contributed by atoms with Crippen LogP contribution in [0.25, 0.3) is 0 Å². The zero-order chi connectivity index (χ0) is 18.7. The number of methoxy groups -OCH3 is 1. The minimum absolute atomic E-state index is 0.0997. The van der Waals surface area contributed by atoms with Crippen LogP contribution < -0.4 is 10.6 Å². The van der Waals surface area contributed by atoms with Gasteiger partial charge in [0.1, 0.15) is 18.1 Å². The Morgan fingerprint density at radius 3 is 2.85 bits per heavy atom. The van der Waals surface area contributed by atoms with Crippen LogP contribution in [0.5, 0.6) is 0 Å². The predicted molar refractivity (Wildman–Crippen MR) is 98.4 cm³/mol. The number of halogens is 1. The Morgan fingerprint density at radius 2 is 2.19 bits per heavy atom. The van der Waals surface area contributed by atoms with Gasteiger partial charge in [0, 0.05) is 44.4 Å². The molecule has 0 saturated heterocycles. The highest BCUT2D eigenvalue weighted by Gasteiger charge is 2.34. The number of ether oxygens (including phenoxy) is 1. The third kappa shape index (κ3) is 3.81. The second-order valence-electron chi connectivity index (χ2n) is 6.27. The van der Waals surface area contributed by atoms with E-state index in [1.807, 2.05) is 20.0 Å². The van der Waals surface area contributed by atoms with Gasteiger partial charge in [-0.15, -0.1) is 0 Å². The van der Waals surface area contributed by atoms with E-state index in [4.69, 9.17) is 16.3 Å². The number of carbonyl (C=O) groups excluding carboxylic acids is 1. The largest absolute Gasteiger partial charge is 0.377 e. The molecule has 0 aliphatic heterocycles. The molecule has 1 fully saturated rings. The van der Waals surface area contributed by atoms with Crippen LogP contribution in [0.2, 0.25) is 5.02 Å². The van der Waals surface area contributed by atoms with Gasteiger partial charge in [0.2, 0.25) is 0 Å². The van der Waals surface area contributed by atoms with E-state index in [0.29, 0.717) is 29.7 Å². The van der Waals surface area contributed by atoms with Gasteiger partial charge in [-0.25, -0.2) is 9.97 Å². The number of carbonyl (C=O) groups is 1. The highest BCUT2D eigenvalue weighted by Crippen LogP contribution is 2.37. The van der Waals surface area contributed by atoms with E-state index < -0.39 is 0 Å². The second-order valence-corrected chi connectivity index (χ2v) is 6.68. The summed E-state index contributed by atoms with van der Waals surface area (Å²) in [5, 5.41) is 10.6. The summed E-state index contributed by atoms with van der Waals surface area (Å²) in [6.07, 6.45) is 3.16. The van der Waals surface area contributed by atoms with Crippen molar-refractivity contribution in [2.24, 2.45) is 0 Å². The quantitative estimate of drug-likeness (QED) is 0.767. The standard InChI is InChI=1S/C17H23ClN6O2/c1-4-24-16(12(18)8-20-24)17(25)21-11-5-10(6-11)13-7-14(19-2)23-15(22-13)9-26-3/h7-8,10-11H,4-6,9H2,1-3H3,(H,21,25)(H,19,22,23). The van der Waals surface area contributed by atoms with E-state index in [1.54, 1.807) is 11.8 Å². The highest BCUT2D eigenvalue weighted by atomic mass is 35.5. The summed E-state index contributed by atoms with van der Waals surface area (Å²) >= 11 is 6.09. The molecule has 1 saturated carbocycles. The molecule has 0 spiro atoms. The molecule has 0 aromatic carbocycles. The number of hydrogen-bond acceptors (Lipinski definition) is 6. The van der Waals surface area contributed by atoms with Crippen molar-refractivity contribution in [1.82, 2.24) is 25.1 Å². The topological polar surface area (TPSA) is 94.0 Å². The first-order valence-corrected chi connectivity index (χ1v) is 9.00. The van der Waals surface area contributed by atoms with Gasteiger partial charge >= 0.3 is 0 Å². The minimum Gasteiger partial charge on any atom is -0.377 e. The maximum Gasteiger partial charge on any atom is 0.271 e. The number of anilines is 1. The first-order valence-electron chi connectivity index (χ1n) is 8.62. The SMILES string of the molecule is CCn1ncc(Cl)c1C(=O)NC1CC(c2cc(NC)nc(COC)n2)C1. The van der Waals surface area contributed by atoms with E-state index in [0.717, 1.165) is 24.4 Å². The van der Waals surface area contributed by atoms with Gasteiger partial charge in [-0.3, -0.25) is 9.48 Å². The summed E-state index contributed by atoms with van der Waals surface area (Å²) in [6.45, 7) is 2.89. The van der Waals surface area contributed by atoms with Gasteiger partial charge in [-0.2, -0.15) is 5.10 Å². The first-order chi connectivity index (χ1) is 12.5. The molecule has 2 aromatic rings. The van der Waals surface area contributed by atoms with E-state index in [-0.39, 0.29) is 17.9 Å². The zero-order valence-electron chi connectivity index (χ0n) is 15.1. The molecule has 0 unspecified atom stereocenters. The lowest BCUT2D eigenvalue weighted by atomic mass is 9.78. The third-order valence-electron chi connectivity index (χ3n) is 4.52. The van der Waals surface area contributed by atoms with Crippen molar-refractivity contribution in [3.05, 3.63) is 34.5 Å².